The lowest BCUT2D eigenvalue weighted by molar-refractivity contribution is 0.252. The Morgan fingerprint density at radius 1 is 0.867 bits per heavy atom. The first-order valence-corrected chi connectivity index (χ1v) is 11.9. The number of rotatable bonds is 8. The molecule has 0 aliphatic carbocycles. The van der Waals surface area contributed by atoms with Gasteiger partial charge in [0.15, 0.2) is 9.84 Å². The lowest BCUT2D eigenvalue weighted by Crippen LogP contribution is -2.30. The van der Waals surface area contributed by atoms with Gasteiger partial charge in [0, 0.05) is 24.4 Å². The van der Waals surface area contributed by atoms with Gasteiger partial charge in [0.1, 0.15) is 0 Å². The fraction of sp³-hybridized carbons (Fsp3) is 0.208. The topological polar surface area (TPSA) is 75.3 Å². The minimum absolute atomic E-state index is 0.0556. The molecule has 5 nitrogen and oxygen atoms in total. The zero-order valence-corrected chi connectivity index (χ0v) is 17.7. The Morgan fingerprint density at radius 3 is 2.03 bits per heavy atom. The van der Waals surface area contributed by atoms with Crippen LogP contribution in [-0.4, -0.2) is 27.2 Å². The molecule has 3 rings (SSSR count). The Morgan fingerprint density at radius 2 is 1.47 bits per heavy atom. The Balaban J connectivity index is 1.59. The molecule has 0 unspecified atom stereocenters. The van der Waals surface area contributed by atoms with E-state index in [1.807, 2.05) is 36.4 Å². The van der Waals surface area contributed by atoms with Gasteiger partial charge in [0.2, 0.25) is 0 Å². The van der Waals surface area contributed by atoms with Crippen LogP contribution in [0, 0.1) is 0 Å². The van der Waals surface area contributed by atoms with Crippen molar-refractivity contribution in [1.29, 1.82) is 0 Å². The fourth-order valence-electron chi connectivity index (χ4n) is 3.44. The number of amides is 2. The molecule has 0 heterocycles. The molecule has 0 aliphatic heterocycles. The van der Waals surface area contributed by atoms with Gasteiger partial charge in [-0.3, -0.25) is 0 Å². The van der Waals surface area contributed by atoms with Crippen LogP contribution in [0.1, 0.15) is 29.0 Å². The van der Waals surface area contributed by atoms with E-state index in [-0.39, 0.29) is 17.7 Å². The van der Waals surface area contributed by atoms with E-state index in [2.05, 4.69) is 34.9 Å². The zero-order chi connectivity index (χ0) is 21.4. The van der Waals surface area contributed by atoms with Crippen LogP contribution in [0.3, 0.4) is 0 Å². The van der Waals surface area contributed by atoms with Crippen molar-refractivity contribution in [2.45, 2.75) is 18.1 Å². The van der Waals surface area contributed by atoms with Gasteiger partial charge in [0.25, 0.3) is 0 Å². The van der Waals surface area contributed by atoms with Crippen molar-refractivity contribution in [3.8, 4) is 0 Å². The molecule has 2 amide bonds. The molecule has 3 aromatic carbocycles. The van der Waals surface area contributed by atoms with Gasteiger partial charge in [0.05, 0.1) is 5.75 Å². The lowest BCUT2D eigenvalue weighted by atomic mass is 9.88. The molecule has 6 heteroatoms. The van der Waals surface area contributed by atoms with E-state index in [0.29, 0.717) is 17.8 Å². The summed E-state index contributed by atoms with van der Waals surface area (Å²) in [5.41, 5.74) is 3.62. The van der Waals surface area contributed by atoms with Gasteiger partial charge in [-0.25, -0.2) is 13.2 Å². The van der Waals surface area contributed by atoms with Crippen molar-refractivity contribution in [2.24, 2.45) is 0 Å². The van der Waals surface area contributed by atoms with Crippen LogP contribution < -0.4 is 10.6 Å². The first kappa shape index (κ1) is 21.6. The van der Waals surface area contributed by atoms with Crippen molar-refractivity contribution in [2.75, 3.05) is 18.1 Å². The summed E-state index contributed by atoms with van der Waals surface area (Å²) in [6.45, 7) is 0.503. The summed E-state index contributed by atoms with van der Waals surface area (Å²) in [6.07, 6.45) is 1.95. The van der Waals surface area contributed by atoms with Gasteiger partial charge in [-0.2, -0.15) is 0 Å². The number of urea groups is 1. The van der Waals surface area contributed by atoms with Gasteiger partial charge in [-0.05, 0) is 35.2 Å². The van der Waals surface area contributed by atoms with Crippen molar-refractivity contribution in [1.82, 2.24) is 5.32 Å². The van der Waals surface area contributed by atoms with Gasteiger partial charge in [-0.1, -0.05) is 72.8 Å². The quantitative estimate of drug-likeness (QED) is 0.558. The number of benzene rings is 3. The molecule has 3 aromatic rings. The second kappa shape index (κ2) is 10.1. The number of nitrogens with one attached hydrogen (secondary N) is 2. The Labute approximate surface area is 178 Å². The summed E-state index contributed by atoms with van der Waals surface area (Å²) in [5, 5.41) is 5.68. The van der Waals surface area contributed by atoms with E-state index < -0.39 is 9.84 Å². The van der Waals surface area contributed by atoms with E-state index in [1.165, 1.54) is 17.4 Å². The molecule has 0 atom stereocenters. The Kier molecular flexibility index (Phi) is 7.25. The average Bonchev–Trinajstić information content (AvgIpc) is 2.71. The van der Waals surface area contributed by atoms with Crippen LogP contribution in [0.4, 0.5) is 10.5 Å². The lowest BCUT2D eigenvalue weighted by Gasteiger charge is -2.18. The first-order chi connectivity index (χ1) is 14.4. The van der Waals surface area contributed by atoms with Crippen LogP contribution in [0.5, 0.6) is 0 Å². The molecule has 30 heavy (non-hydrogen) atoms. The highest BCUT2D eigenvalue weighted by atomic mass is 32.2. The first-order valence-electron chi connectivity index (χ1n) is 9.82. The predicted octanol–water partition coefficient (Wildman–Crippen LogP) is 4.57. The number of sulfone groups is 1. The second-order valence-electron chi connectivity index (χ2n) is 7.31. The SMILES string of the molecule is CS(=O)(=O)Cc1cccc(NC(=O)NCCC(c2ccccc2)c2ccccc2)c1. The fourth-order valence-corrected chi connectivity index (χ4v) is 4.23. The summed E-state index contributed by atoms with van der Waals surface area (Å²) in [4.78, 5) is 12.3. The Hall–Kier alpha value is -3.12. The summed E-state index contributed by atoms with van der Waals surface area (Å²) in [6, 6.07) is 27.1. The van der Waals surface area contributed by atoms with Gasteiger partial charge < -0.3 is 10.6 Å². The van der Waals surface area contributed by atoms with E-state index in [9.17, 15) is 13.2 Å². The highest BCUT2D eigenvalue weighted by Crippen LogP contribution is 2.27. The third kappa shape index (κ3) is 6.74. The molecule has 2 N–H and O–H groups in total. The second-order valence-corrected chi connectivity index (χ2v) is 9.45. The smallest absolute Gasteiger partial charge is 0.319 e. The molecular formula is C24H26N2O3S. The van der Waals surface area contributed by atoms with Crippen molar-refractivity contribution in [3.05, 3.63) is 102 Å². The van der Waals surface area contributed by atoms with Crippen LogP contribution >= 0.6 is 0 Å². The highest BCUT2D eigenvalue weighted by Gasteiger charge is 2.14. The maximum atomic E-state index is 12.3. The molecule has 0 radical (unpaired) electrons. The van der Waals surface area contributed by atoms with Crippen molar-refractivity contribution >= 4 is 21.6 Å². The molecule has 0 fully saturated rings. The number of carbonyl (C=O) groups excluding carboxylic acids is 1. The van der Waals surface area contributed by atoms with Crippen LogP contribution in [0.15, 0.2) is 84.9 Å². The van der Waals surface area contributed by atoms with E-state index in [0.717, 1.165) is 6.42 Å². The molecule has 0 saturated carbocycles. The minimum atomic E-state index is -3.13. The van der Waals surface area contributed by atoms with Crippen LogP contribution in [-0.2, 0) is 15.6 Å². The molecule has 156 valence electrons. The van der Waals surface area contributed by atoms with Gasteiger partial charge in [-0.15, -0.1) is 0 Å². The zero-order valence-electron chi connectivity index (χ0n) is 16.9. The normalized spacial score (nSPS) is 11.3. The maximum Gasteiger partial charge on any atom is 0.319 e. The standard InChI is InChI=1S/C24H26N2O3S/c1-30(28,29)18-19-9-8-14-22(17-19)26-24(27)25-16-15-23(20-10-4-2-5-11-20)21-12-6-3-7-13-21/h2-14,17,23H,15-16,18H2,1H3,(H2,25,26,27). The van der Waals surface area contributed by atoms with Crippen LogP contribution in [0.25, 0.3) is 0 Å². The summed E-state index contributed by atoms with van der Waals surface area (Å²) in [5.74, 6) is 0.130. The third-order valence-corrected chi connectivity index (χ3v) is 5.59. The molecule has 0 bridgehead atoms. The largest absolute Gasteiger partial charge is 0.338 e. The summed E-state index contributed by atoms with van der Waals surface area (Å²) >= 11 is 0. The maximum absolute atomic E-state index is 12.3. The number of carbonyl (C=O) groups is 1. The molecular weight excluding hydrogens is 396 g/mol. The Bertz CT molecular complexity index is 1030. The third-order valence-electron chi connectivity index (χ3n) is 4.74. The highest BCUT2D eigenvalue weighted by molar-refractivity contribution is 7.89. The summed E-state index contributed by atoms with van der Waals surface area (Å²) in [7, 11) is -3.13. The van der Waals surface area contributed by atoms with Gasteiger partial charge >= 0.3 is 6.03 Å². The number of hydrogen-bond donors (Lipinski definition) is 2. The van der Waals surface area contributed by atoms with Crippen LogP contribution in [0.2, 0.25) is 0 Å². The molecule has 0 saturated heterocycles. The average molecular weight is 423 g/mol. The number of hydrogen-bond acceptors (Lipinski definition) is 3. The van der Waals surface area contributed by atoms with Crippen molar-refractivity contribution in [3.63, 3.8) is 0 Å². The predicted molar refractivity (Wildman–Crippen MR) is 121 cm³/mol. The minimum Gasteiger partial charge on any atom is -0.338 e. The van der Waals surface area contributed by atoms with E-state index >= 15 is 0 Å². The molecule has 0 spiro atoms. The number of anilines is 1. The van der Waals surface area contributed by atoms with E-state index in [1.54, 1.807) is 24.3 Å². The summed E-state index contributed by atoms with van der Waals surface area (Å²) < 4.78 is 22.9. The molecule has 0 aromatic heterocycles. The molecule has 0 aliphatic rings. The van der Waals surface area contributed by atoms with Crippen molar-refractivity contribution < 1.29 is 13.2 Å². The van der Waals surface area contributed by atoms with E-state index in [4.69, 9.17) is 0 Å². The monoisotopic (exact) mass is 422 g/mol.